The van der Waals surface area contributed by atoms with E-state index in [2.05, 4.69) is 5.16 Å². The normalized spacial score (nSPS) is 20.3. The molecule has 1 rings (SSSR count). The number of carbonyl (C=O) groups excluding carboxylic acids is 1. The number of ether oxygens (including phenoxy) is 1. The Morgan fingerprint density at radius 1 is 1.53 bits per heavy atom. The molecule has 0 radical (unpaired) electrons. The topological polar surface area (TPSA) is 88.1 Å². The molecule has 6 heteroatoms. The second-order valence-corrected chi connectivity index (χ2v) is 4.93. The maximum Gasteiger partial charge on any atom is 0.223 e. The van der Waals surface area contributed by atoms with E-state index in [9.17, 15) is 4.79 Å². The quantitative estimate of drug-likeness (QED) is 0.316. The Bertz CT molecular complexity index is 302. The monoisotopic (exact) mass is 271 g/mol. The molecule has 19 heavy (non-hydrogen) atoms. The summed E-state index contributed by atoms with van der Waals surface area (Å²) >= 11 is 0. The molecule has 110 valence electrons. The van der Waals surface area contributed by atoms with Crippen molar-refractivity contribution in [2.45, 2.75) is 51.6 Å². The Morgan fingerprint density at radius 2 is 2.32 bits per heavy atom. The molecule has 0 aromatic heterocycles. The average Bonchev–Trinajstić information content (AvgIpc) is 2.45. The van der Waals surface area contributed by atoms with E-state index in [1.165, 1.54) is 6.42 Å². The largest absolute Gasteiger partial charge is 0.409 e. The van der Waals surface area contributed by atoms with Gasteiger partial charge in [-0.05, 0) is 32.1 Å². The molecule has 1 fully saturated rings. The summed E-state index contributed by atoms with van der Waals surface area (Å²) in [6.45, 7) is 3.62. The summed E-state index contributed by atoms with van der Waals surface area (Å²) < 4.78 is 5.61. The number of amidine groups is 1. The van der Waals surface area contributed by atoms with Crippen LogP contribution < -0.4 is 5.73 Å². The first-order chi connectivity index (χ1) is 9.17. The van der Waals surface area contributed by atoms with E-state index in [4.69, 9.17) is 15.7 Å². The van der Waals surface area contributed by atoms with Crippen LogP contribution in [0.25, 0.3) is 0 Å². The van der Waals surface area contributed by atoms with Gasteiger partial charge in [-0.15, -0.1) is 0 Å². The van der Waals surface area contributed by atoms with Crippen molar-refractivity contribution in [3.63, 3.8) is 0 Å². The molecule has 0 aliphatic carbocycles. The SMILES string of the molecule is CCCN(CC(N)=NO)C(=O)CCC1CCCCO1. The summed E-state index contributed by atoms with van der Waals surface area (Å²) in [6, 6.07) is 0. The average molecular weight is 271 g/mol. The van der Waals surface area contributed by atoms with Gasteiger partial charge in [0.25, 0.3) is 0 Å². The zero-order chi connectivity index (χ0) is 14.1. The van der Waals surface area contributed by atoms with Gasteiger partial charge in [-0.2, -0.15) is 0 Å². The second kappa shape index (κ2) is 8.74. The molecule has 1 amide bonds. The predicted octanol–water partition coefficient (Wildman–Crippen LogP) is 1.32. The van der Waals surface area contributed by atoms with Gasteiger partial charge in [-0.25, -0.2) is 0 Å². The molecular formula is C13H25N3O3. The number of hydrogen-bond acceptors (Lipinski definition) is 4. The van der Waals surface area contributed by atoms with Crippen molar-refractivity contribution in [1.82, 2.24) is 4.90 Å². The molecule has 0 saturated carbocycles. The van der Waals surface area contributed by atoms with Gasteiger partial charge < -0.3 is 20.6 Å². The van der Waals surface area contributed by atoms with Crippen molar-refractivity contribution in [3.05, 3.63) is 0 Å². The molecule has 0 aromatic rings. The predicted molar refractivity (Wildman–Crippen MR) is 73.1 cm³/mol. The zero-order valence-corrected chi connectivity index (χ0v) is 11.7. The summed E-state index contributed by atoms with van der Waals surface area (Å²) in [6.07, 6.45) is 5.63. The van der Waals surface area contributed by atoms with Crippen LogP contribution in [0, 0.1) is 0 Å². The van der Waals surface area contributed by atoms with Crippen LogP contribution in [-0.4, -0.2) is 47.7 Å². The maximum atomic E-state index is 12.1. The summed E-state index contributed by atoms with van der Waals surface area (Å²) in [5.74, 6) is 0.110. The Hall–Kier alpha value is -1.30. The molecule has 6 nitrogen and oxygen atoms in total. The minimum atomic E-state index is 0.0441. The maximum absolute atomic E-state index is 12.1. The van der Waals surface area contributed by atoms with Crippen molar-refractivity contribution >= 4 is 11.7 Å². The van der Waals surface area contributed by atoms with E-state index in [1.54, 1.807) is 4.90 Å². The van der Waals surface area contributed by atoms with Crippen molar-refractivity contribution in [2.75, 3.05) is 19.7 Å². The van der Waals surface area contributed by atoms with Crippen LogP contribution >= 0.6 is 0 Å². The fraction of sp³-hybridized carbons (Fsp3) is 0.846. The summed E-state index contributed by atoms with van der Waals surface area (Å²) in [7, 11) is 0. The van der Waals surface area contributed by atoms with Gasteiger partial charge in [-0.3, -0.25) is 4.79 Å². The molecule has 3 N–H and O–H groups in total. The van der Waals surface area contributed by atoms with Crippen LogP contribution in [0.5, 0.6) is 0 Å². The highest BCUT2D eigenvalue weighted by Gasteiger charge is 2.19. The van der Waals surface area contributed by atoms with E-state index >= 15 is 0 Å². The van der Waals surface area contributed by atoms with E-state index in [1.807, 2.05) is 6.92 Å². The number of nitrogens with two attached hydrogens (primary N) is 1. The van der Waals surface area contributed by atoms with Gasteiger partial charge >= 0.3 is 0 Å². The van der Waals surface area contributed by atoms with Crippen molar-refractivity contribution in [3.8, 4) is 0 Å². The molecule has 1 aliphatic rings. The lowest BCUT2D eigenvalue weighted by Gasteiger charge is -2.25. The Balaban J connectivity index is 2.37. The first-order valence-electron chi connectivity index (χ1n) is 7.03. The Morgan fingerprint density at radius 3 is 2.89 bits per heavy atom. The highest BCUT2D eigenvalue weighted by atomic mass is 16.5. The summed E-state index contributed by atoms with van der Waals surface area (Å²) in [5.41, 5.74) is 5.46. The lowest BCUT2D eigenvalue weighted by Crippen LogP contribution is -2.39. The van der Waals surface area contributed by atoms with Crippen LogP contribution in [0.1, 0.15) is 45.4 Å². The molecule has 0 spiro atoms. The fourth-order valence-electron chi connectivity index (χ4n) is 2.27. The highest BCUT2D eigenvalue weighted by Crippen LogP contribution is 2.17. The van der Waals surface area contributed by atoms with Gasteiger partial charge in [0.05, 0.1) is 12.6 Å². The van der Waals surface area contributed by atoms with E-state index in [0.717, 1.165) is 32.3 Å². The van der Waals surface area contributed by atoms with Crippen molar-refractivity contribution < 1.29 is 14.7 Å². The number of hydrogen-bond donors (Lipinski definition) is 2. The van der Waals surface area contributed by atoms with E-state index in [0.29, 0.717) is 13.0 Å². The fourth-order valence-corrected chi connectivity index (χ4v) is 2.27. The molecule has 1 saturated heterocycles. The zero-order valence-electron chi connectivity index (χ0n) is 11.7. The number of oxime groups is 1. The van der Waals surface area contributed by atoms with E-state index < -0.39 is 0 Å². The van der Waals surface area contributed by atoms with Gasteiger partial charge in [-0.1, -0.05) is 12.1 Å². The second-order valence-electron chi connectivity index (χ2n) is 4.93. The summed E-state index contributed by atoms with van der Waals surface area (Å²) in [4.78, 5) is 13.7. The third-order valence-electron chi connectivity index (χ3n) is 3.28. The molecule has 1 unspecified atom stereocenters. The lowest BCUT2D eigenvalue weighted by molar-refractivity contribution is -0.131. The number of carbonyl (C=O) groups is 1. The first kappa shape index (κ1) is 15.8. The highest BCUT2D eigenvalue weighted by molar-refractivity contribution is 5.86. The molecule has 1 aliphatic heterocycles. The van der Waals surface area contributed by atoms with Crippen molar-refractivity contribution in [1.29, 1.82) is 0 Å². The van der Waals surface area contributed by atoms with Crippen LogP contribution in [0.4, 0.5) is 0 Å². The van der Waals surface area contributed by atoms with Crippen LogP contribution in [-0.2, 0) is 9.53 Å². The standard InChI is InChI=1S/C13H25N3O3/c1-2-8-16(10-12(14)15-18)13(17)7-6-11-5-3-4-9-19-11/h11,18H,2-10H2,1H3,(H2,14,15). The Labute approximate surface area is 114 Å². The molecule has 0 bridgehead atoms. The molecule has 1 atom stereocenters. The van der Waals surface area contributed by atoms with Gasteiger partial charge in [0, 0.05) is 19.6 Å². The minimum absolute atomic E-state index is 0.0441. The van der Waals surface area contributed by atoms with Gasteiger partial charge in [0.1, 0.15) is 0 Å². The third-order valence-corrected chi connectivity index (χ3v) is 3.28. The Kier molecular flexibility index (Phi) is 7.25. The molecule has 1 heterocycles. The minimum Gasteiger partial charge on any atom is -0.409 e. The van der Waals surface area contributed by atoms with Crippen LogP contribution in [0.3, 0.4) is 0 Å². The first-order valence-corrected chi connectivity index (χ1v) is 7.03. The molecular weight excluding hydrogens is 246 g/mol. The van der Waals surface area contributed by atoms with E-state index in [-0.39, 0.29) is 24.4 Å². The van der Waals surface area contributed by atoms with Gasteiger partial charge in [0.2, 0.25) is 5.91 Å². The molecule has 0 aromatic carbocycles. The van der Waals surface area contributed by atoms with Crippen LogP contribution in [0.15, 0.2) is 5.16 Å². The number of nitrogens with zero attached hydrogens (tertiary/aromatic N) is 2. The van der Waals surface area contributed by atoms with Crippen LogP contribution in [0.2, 0.25) is 0 Å². The van der Waals surface area contributed by atoms with Gasteiger partial charge in [0.15, 0.2) is 5.84 Å². The smallest absolute Gasteiger partial charge is 0.223 e. The summed E-state index contributed by atoms with van der Waals surface area (Å²) in [5, 5.41) is 11.5. The van der Waals surface area contributed by atoms with Crippen molar-refractivity contribution in [2.24, 2.45) is 10.9 Å². The number of rotatable bonds is 7. The third kappa shape index (κ3) is 5.92. The number of amides is 1. The lowest BCUT2D eigenvalue weighted by atomic mass is 10.0.